The molecule has 0 saturated carbocycles. The first-order valence-corrected chi connectivity index (χ1v) is 4.25. The van der Waals surface area contributed by atoms with Gasteiger partial charge in [-0.1, -0.05) is 12.1 Å². The van der Waals surface area contributed by atoms with Crippen molar-refractivity contribution in [3.05, 3.63) is 29.8 Å². The number of hydrogen-bond donors (Lipinski definition) is 2. The molecule has 1 atom stereocenters. The van der Waals surface area contributed by atoms with Crippen molar-refractivity contribution in [2.24, 2.45) is 5.73 Å². The minimum atomic E-state index is -0.436. The summed E-state index contributed by atoms with van der Waals surface area (Å²) in [6.45, 7) is 0. The maximum Gasteiger partial charge on any atom is 0.307 e. The minimum Gasteiger partial charge on any atom is -0.508 e. The molecule has 0 aliphatic carbocycles. The number of ether oxygens (including phenoxy) is 1. The van der Waals surface area contributed by atoms with Gasteiger partial charge in [0.2, 0.25) is 0 Å². The molecule has 0 saturated heterocycles. The summed E-state index contributed by atoms with van der Waals surface area (Å²) in [6, 6.07) is 6.09. The molecule has 0 radical (unpaired) electrons. The molecular formula is C10H13NO3. The Kier molecular flexibility index (Phi) is 3.48. The van der Waals surface area contributed by atoms with Crippen molar-refractivity contribution >= 4 is 5.97 Å². The van der Waals surface area contributed by atoms with Crippen molar-refractivity contribution in [1.82, 2.24) is 0 Å². The monoisotopic (exact) mass is 195 g/mol. The van der Waals surface area contributed by atoms with Crippen LogP contribution in [0.2, 0.25) is 0 Å². The third kappa shape index (κ3) is 2.74. The first-order chi connectivity index (χ1) is 6.63. The number of carbonyl (C=O) groups excluding carboxylic acids is 1. The topological polar surface area (TPSA) is 72.5 Å². The van der Waals surface area contributed by atoms with Crippen LogP contribution in [0.15, 0.2) is 24.3 Å². The second-order valence-electron chi connectivity index (χ2n) is 2.98. The van der Waals surface area contributed by atoms with E-state index in [4.69, 9.17) is 5.73 Å². The van der Waals surface area contributed by atoms with E-state index in [0.717, 1.165) is 5.56 Å². The van der Waals surface area contributed by atoms with Crippen molar-refractivity contribution in [2.45, 2.75) is 12.5 Å². The van der Waals surface area contributed by atoms with Crippen molar-refractivity contribution in [3.63, 3.8) is 0 Å². The van der Waals surface area contributed by atoms with Crippen LogP contribution >= 0.6 is 0 Å². The zero-order chi connectivity index (χ0) is 10.6. The highest BCUT2D eigenvalue weighted by atomic mass is 16.5. The lowest BCUT2D eigenvalue weighted by atomic mass is 10.0. The van der Waals surface area contributed by atoms with Crippen LogP contribution in [0.3, 0.4) is 0 Å². The van der Waals surface area contributed by atoms with Gasteiger partial charge < -0.3 is 15.6 Å². The summed E-state index contributed by atoms with van der Waals surface area (Å²) in [4.78, 5) is 10.9. The van der Waals surface area contributed by atoms with Crippen LogP contribution in [0.5, 0.6) is 5.75 Å². The lowest BCUT2D eigenvalue weighted by molar-refractivity contribution is -0.141. The summed E-state index contributed by atoms with van der Waals surface area (Å²) in [7, 11) is 1.32. The summed E-state index contributed by atoms with van der Waals surface area (Å²) >= 11 is 0. The van der Waals surface area contributed by atoms with Gasteiger partial charge in [-0.3, -0.25) is 4.79 Å². The normalized spacial score (nSPS) is 12.1. The predicted molar refractivity (Wildman–Crippen MR) is 51.7 cm³/mol. The molecule has 0 aromatic heterocycles. The first-order valence-electron chi connectivity index (χ1n) is 4.25. The summed E-state index contributed by atoms with van der Waals surface area (Å²) in [5.74, 6) is -0.219. The Bertz CT molecular complexity index is 325. The van der Waals surface area contributed by atoms with Crippen LogP contribution < -0.4 is 5.73 Å². The fraction of sp³-hybridized carbons (Fsp3) is 0.300. The smallest absolute Gasteiger partial charge is 0.307 e. The number of aromatic hydroxyl groups is 1. The molecule has 1 aromatic carbocycles. The van der Waals surface area contributed by atoms with Crippen LogP contribution in [0.1, 0.15) is 18.0 Å². The van der Waals surface area contributed by atoms with Gasteiger partial charge in [0.05, 0.1) is 13.5 Å². The molecule has 0 aliphatic heterocycles. The molecule has 1 rings (SSSR count). The van der Waals surface area contributed by atoms with Gasteiger partial charge in [0.1, 0.15) is 5.75 Å². The lowest BCUT2D eigenvalue weighted by Crippen LogP contribution is -2.16. The van der Waals surface area contributed by atoms with E-state index in [0.29, 0.717) is 0 Å². The average Bonchev–Trinajstić information content (AvgIpc) is 2.17. The van der Waals surface area contributed by atoms with Crippen molar-refractivity contribution in [2.75, 3.05) is 7.11 Å². The molecule has 76 valence electrons. The van der Waals surface area contributed by atoms with Crippen LogP contribution in [0.4, 0.5) is 0 Å². The maximum absolute atomic E-state index is 10.9. The third-order valence-electron chi connectivity index (χ3n) is 1.91. The van der Waals surface area contributed by atoms with Gasteiger partial charge in [0.25, 0.3) is 0 Å². The molecule has 0 spiro atoms. The van der Waals surface area contributed by atoms with Crippen molar-refractivity contribution in [1.29, 1.82) is 0 Å². The average molecular weight is 195 g/mol. The summed E-state index contributed by atoms with van der Waals surface area (Å²) in [6.07, 6.45) is 0.111. The van der Waals surface area contributed by atoms with Gasteiger partial charge in [-0.15, -0.1) is 0 Å². The van der Waals surface area contributed by atoms with E-state index in [-0.39, 0.29) is 18.1 Å². The quantitative estimate of drug-likeness (QED) is 0.704. The molecule has 3 N–H and O–H groups in total. The molecule has 0 heterocycles. The summed E-state index contributed by atoms with van der Waals surface area (Å²) in [5, 5.41) is 9.18. The Hall–Kier alpha value is -1.55. The third-order valence-corrected chi connectivity index (χ3v) is 1.91. The minimum absolute atomic E-state index is 0.111. The summed E-state index contributed by atoms with van der Waals surface area (Å²) < 4.78 is 4.49. The standard InChI is InChI=1S/C10H13NO3/c1-14-10(13)6-9(11)7-3-2-4-8(12)5-7/h2-5,9,12H,6,11H2,1H3/t9-/m1/s1. The molecule has 1 aromatic rings. The fourth-order valence-corrected chi connectivity index (χ4v) is 1.14. The fourth-order valence-electron chi connectivity index (χ4n) is 1.14. The predicted octanol–water partition coefficient (Wildman–Crippen LogP) is 0.955. The van der Waals surface area contributed by atoms with Crippen LogP contribution in [-0.4, -0.2) is 18.2 Å². The van der Waals surface area contributed by atoms with Crippen LogP contribution in [0, 0.1) is 0 Å². The zero-order valence-corrected chi connectivity index (χ0v) is 7.93. The second-order valence-corrected chi connectivity index (χ2v) is 2.98. The van der Waals surface area contributed by atoms with Crippen molar-refractivity contribution in [3.8, 4) is 5.75 Å². The number of hydrogen-bond acceptors (Lipinski definition) is 4. The molecule has 4 nitrogen and oxygen atoms in total. The number of carbonyl (C=O) groups is 1. The SMILES string of the molecule is COC(=O)C[C@@H](N)c1cccc(O)c1. The lowest BCUT2D eigenvalue weighted by Gasteiger charge is -2.10. The van der Waals surface area contributed by atoms with Gasteiger partial charge in [-0.25, -0.2) is 0 Å². The van der Waals surface area contributed by atoms with E-state index >= 15 is 0 Å². The Labute approximate surface area is 82.3 Å². The Balaban J connectivity index is 2.69. The Morgan fingerprint density at radius 2 is 2.36 bits per heavy atom. The Morgan fingerprint density at radius 1 is 1.64 bits per heavy atom. The van der Waals surface area contributed by atoms with Gasteiger partial charge in [0, 0.05) is 6.04 Å². The number of methoxy groups -OCH3 is 1. The highest BCUT2D eigenvalue weighted by Crippen LogP contribution is 2.18. The number of rotatable bonds is 3. The van der Waals surface area contributed by atoms with E-state index in [1.54, 1.807) is 18.2 Å². The molecule has 0 amide bonds. The largest absolute Gasteiger partial charge is 0.508 e. The highest BCUT2D eigenvalue weighted by molar-refractivity contribution is 5.70. The Morgan fingerprint density at radius 3 is 2.93 bits per heavy atom. The molecule has 4 heteroatoms. The van der Waals surface area contributed by atoms with Gasteiger partial charge in [0.15, 0.2) is 0 Å². The molecule has 0 bridgehead atoms. The van der Waals surface area contributed by atoms with Crippen LogP contribution in [-0.2, 0) is 9.53 Å². The molecular weight excluding hydrogens is 182 g/mol. The van der Waals surface area contributed by atoms with E-state index in [9.17, 15) is 9.90 Å². The zero-order valence-electron chi connectivity index (χ0n) is 7.93. The maximum atomic E-state index is 10.9. The highest BCUT2D eigenvalue weighted by Gasteiger charge is 2.11. The number of phenolic OH excluding ortho intramolecular Hbond substituents is 1. The van der Waals surface area contributed by atoms with E-state index in [1.165, 1.54) is 13.2 Å². The number of esters is 1. The molecule has 0 fully saturated rings. The molecule has 14 heavy (non-hydrogen) atoms. The molecule has 0 aliphatic rings. The van der Waals surface area contributed by atoms with E-state index < -0.39 is 6.04 Å². The number of phenols is 1. The van der Waals surface area contributed by atoms with Gasteiger partial charge >= 0.3 is 5.97 Å². The van der Waals surface area contributed by atoms with Gasteiger partial charge in [-0.05, 0) is 17.7 Å². The molecule has 0 unspecified atom stereocenters. The van der Waals surface area contributed by atoms with E-state index in [2.05, 4.69) is 4.74 Å². The summed E-state index contributed by atoms with van der Waals surface area (Å²) in [5.41, 5.74) is 6.45. The van der Waals surface area contributed by atoms with E-state index in [1.807, 2.05) is 0 Å². The van der Waals surface area contributed by atoms with Gasteiger partial charge in [-0.2, -0.15) is 0 Å². The van der Waals surface area contributed by atoms with Crippen LogP contribution in [0.25, 0.3) is 0 Å². The first kappa shape index (κ1) is 10.5. The number of benzene rings is 1. The number of nitrogens with two attached hydrogens (primary N) is 1. The van der Waals surface area contributed by atoms with Crippen molar-refractivity contribution < 1.29 is 14.6 Å². The second kappa shape index (κ2) is 4.62.